The molecule has 2 rings (SSSR count). The number of hydrogen-bond donors (Lipinski definition) is 1. The van der Waals surface area contributed by atoms with E-state index in [4.69, 9.17) is 4.74 Å². The zero-order valence-electron chi connectivity index (χ0n) is 10.8. The first-order valence-corrected chi connectivity index (χ1v) is 6.19. The van der Waals surface area contributed by atoms with Gasteiger partial charge in [-0.1, -0.05) is 37.3 Å². The molecule has 1 aliphatic rings. The highest BCUT2D eigenvalue weighted by atomic mass is 16.6. The Morgan fingerprint density at radius 3 is 2.53 bits per heavy atom. The Bertz CT molecular complexity index is 377. The smallest absolute Gasteiger partial charge is 0.210 e. The molecule has 1 heterocycles. The van der Waals surface area contributed by atoms with Crippen molar-refractivity contribution in [2.75, 3.05) is 19.7 Å². The molecule has 1 aromatic carbocycles. The molecular weight excluding hydrogens is 214 g/mol. The number of morpholine rings is 1. The second kappa shape index (κ2) is 4.41. The monoisotopic (exact) mass is 235 g/mol. The van der Waals surface area contributed by atoms with Gasteiger partial charge in [0.05, 0.1) is 12.1 Å². The molecule has 1 aromatic rings. The van der Waals surface area contributed by atoms with Crippen LogP contribution in [-0.4, -0.2) is 35.2 Å². The molecule has 3 heteroatoms. The maximum Gasteiger partial charge on any atom is 0.210 e. The van der Waals surface area contributed by atoms with Crippen molar-refractivity contribution in [2.24, 2.45) is 0 Å². The molecule has 1 aliphatic heterocycles. The number of likely N-dealkylation sites (N-methyl/N-ethyl adjacent to an activating group) is 1. The van der Waals surface area contributed by atoms with Crippen LogP contribution in [0.2, 0.25) is 0 Å². The van der Waals surface area contributed by atoms with Crippen LogP contribution in [0.15, 0.2) is 30.3 Å². The maximum atomic E-state index is 10.9. The highest BCUT2D eigenvalue weighted by Crippen LogP contribution is 2.40. The molecular formula is C14H21NO2. The first kappa shape index (κ1) is 12.6. The molecule has 1 saturated heterocycles. The van der Waals surface area contributed by atoms with Crippen molar-refractivity contribution in [3.8, 4) is 0 Å². The van der Waals surface area contributed by atoms with E-state index in [0.29, 0.717) is 6.61 Å². The Labute approximate surface area is 103 Å². The van der Waals surface area contributed by atoms with E-state index in [0.717, 1.165) is 18.7 Å². The summed E-state index contributed by atoms with van der Waals surface area (Å²) in [4.78, 5) is 2.25. The highest BCUT2D eigenvalue weighted by molar-refractivity contribution is 5.24. The van der Waals surface area contributed by atoms with Crippen LogP contribution in [-0.2, 0) is 10.5 Å². The zero-order valence-corrected chi connectivity index (χ0v) is 10.8. The van der Waals surface area contributed by atoms with E-state index in [1.807, 2.05) is 44.2 Å². The zero-order chi connectivity index (χ0) is 12.5. The molecule has 94 valence electrons. The van der Waals surface area contributed by atoms with Gasteiger partial charge in [0.1, 0.15) is 0 Å². The summed E-state index contributed by atoms with van der Waals surface area (Å²) in [5, 5.41) is 10.9. The van der Waals surface area contributed by atoms with E-state index in [1.54, 1.807) is 0 Å². The number of rotatable bonds is 2. The molecule has 0 amide bonds. The van der Waals surface area contributed by atoms with Crippen LogP contribution < -0.4 is 0 Å². The molecule has 3 nitrogen and oxygen atoms in total. The predicted molar refractivity (Wildman–Crippen MR) is 67.6 cm³/mol. The van der Waals surface area contributed by atoms with Crippen molar-refractivity contribution >= 4 is 0 Å². The quantitative estimate of drug-likeness (QED) is 0.850. The summed E-state index contributed by atoms with van der Waals surface area (Å²) in [7, 11) is 0. The Kier molecular flexibility index (Phi) is 3.25. The van der Waals surface area contributed by atoms with Crippen LogP contribution >= 0.6 is 0 Å². The average Bonchev–Trinajstić information content (AvgIpc) is 2.34. The van der Waals surface area contributed by atoms with Gasteiger partial charge in [0.2, 0.25) is 5.79 Å². The lowest BCUT2D eigenvalue weighted by atomic mass is 9.84. The van der Waals surface area contributed by atoms with Gasteiger partial charge in [-0.15, -0.1) is 0 Å². The number of benzene rings is 1. The van der Waals surface area contributed by atoms with Crippen LogP contribution in [0.25, 0.3) is 0 Å². The lowest BCUT2D eigenvalue weighted by Crippen LogP contribution is -2.64. The molecule has 1 N–H and O–H groups in total. The molecule has 0 saturated carbocycles. The molecule has 0 radical (unpaired) electrons. The Morgan fingerprint density at radius 1 is 1.29 bits per heavy atom. The van der Waals surface area contributed by atoms with Crippen molar-refractivity contribution in [3.63, 3.8) is 0 Å². The van der Waals surface area contributed by atoms with Gasteiger partial charge >= 0.3 is 0 Å². The van der Waals surface area contributed by atoms with E-state index in [1.165, 1.54) is 0 Å². The molecule has 0 bridgehead atoms. The van der Waals surface area contributed by atoms with Crippen molar-refractivity contribution in [3.05, 3.63) is 35.9 Å². The van der Waals surface area contributed by atoms with Gasteiger partial charge in [0.25, 0.3) is 0 Å². The molecule has 17 heavy (non-hydrogen) atoms. The number of nitrogens with zero attached hydrogens (tertiary/aromatic N) is 1. The normalized spacial score (nSPS) is 29.2. The van der Waals surface area contributed by atoms with Gasteiger partial charge in [0.15, 0.2) is 0 Å². The largest absolute Gasteiger partial charge is 0.360 e. The fraction of sp³-hybridized carbons (Fsp3) is 0.571. The summed E-state index contributed by atoms with van der Waals surface area (Å²) in [6.07, 6.45) is 0. The number of ether oxygens (including phenoxy) is 1. The minimum atomic E-state index is -1.23. The van der Waals surface area contributed by atoms with Gasteiger partial charge in [-0.2, -0.15) is 0 Å². The maximum absolute atomic E-state index is 10.9. The van der Waals surface area contributed by atoms with Crippen LogP contribution in [0.5, 0.6) is 0 Å². The second-order valence-electron chi connectivity index (χ2n) is 5.00. The topological polar surface area (TPSA) is 32.7 Å². The van der Waals surface area contributed by atoms with Crippen molar-refractivity contribution in [2.45, 2.75) is 32.1 Å². The van der Waals surface area contributed by atoms with E-state index < -0.39 is 11.3 Å². The third-order valence-corrected chi connectivity index (χ3v) is 3.84. The van der Waals surface area contributed by atoms with E-state index in [2.05, 4.69) is 11.8 Å². The third kappa shape index (κ3) is 1.88. The third-order valence-electron chi connectivity index (χ3n) is 3.84. The summed E-state index contributed by atoms with van der Waals surface area (Å²) < 4.78 is 5.71. The highest BCUT2D eigenvalue weighted by Gasteiger charge is 2.51. The lowest BCUT2D eigenvalue weighted by molar-refractivity contribution is -0.307. The van der Waals surface area contributed by atoms with Gasteiger partial charge in [-0.25, -0.2) is 0 Å². The Morgan fingerprint density at radius 2 is 1.94 bits per heavy atom. The number of hydrogen-bond acceptors (Lipinski definition) is 3. The first-order chi connectivity index (χ1) is 8.02. The minimum absolute atomic E-state index is 0.429. The molecule has 1 atom stereocenters. The minimum Gasteiger partial charge on any atom is -0.360 e. The molecule has 0 aliphatic carbocycles. The van der Waals surface area contributed by atoms with Crippen molar-refractivity contribution in [1.82, 2.24) is 4.90 Å². The van der Waals surface area contributed by atoms with E-state index in [-0.39, 0.29) is 0 Å². The van der Waals surface area contributed by atoms with Crippen LogP contribution in [0.1, 0.15) is 26.3 Å². The van der Waals surface area contributed by atoms with Crippen molar-refractivity contribution < 1.29 is 9.84 Å². The Hall–Kier alpha value is -0.900. The standard InChI is InChI=1S/C14H21NO2/c1-4-15-10-11-17-14(16,13(15,2)3)12-8-6-5-7-9-12/h5-9,16H,4,10-11H2,1-3H3. The van der Waals surface area contributed by atoms with Crippen molar-refractivity contribution in [1.29, 1.82) is 0 Å². The van der Waals surface area contributed by atoms with Gasteiger partial charge in [0, 0.05) is 12.1 Å². The summed E-state index contributed by atoms with van der Waals surface area (Å²) >= 11 is 0. The number of aliphatic hydroxyl groups is 1. The van der Waals surface area contributed by atoms with E-state index >= 15 is 0 Å². The second-order valence-corrected chi connectivity index (χ2v) is 5.00. The molecule has 1 fully saturated rings. The van der Waals surface area contributed by atoms with Crippen LogP contribution in [0.4, 0.5) is 0 Å². The summed E-state index contributed by atoms with van der Waals surface area (Å²) in [6.45, 7) is 8.50. The fourth-order valence-corrected chi connectivity index (χ4v) is 2.63. The van der Waals surface area contributed by atoms with Crippen LogP contribution in [0.3, 0.4) is 0 Å². The van der Waals surface area contributed by atoms with Gasteiger partial charge < -0.3 is 9.84 Å². The average molecular weight is 235 g/mol. The molecule has 1 unspecified atom stereocenters. The summed E-state index contributed by atoms with van der Waals surface area (Å²) in [6, 6.07) is 9.64. The fourth-order valence-electron chi connectivity index (χ4n) is 2.63. The Balaban J connectivity index is 2.42. The van der Waals surface area contributed by atoms with E-state index in [9.17, 15) is 5.11 Å². The van der Waals surface area contributed by atoms with Gasteiger partial charge in [-0.05, 0) is 20.4 Å². The van der Waals surface area contributed by atoms with Crippen LogP contribution in [0, 0.1) is 0 Å². The summed E-state index contributed by atoms with van der Waals surface area (Å²) in [5.74, 6) is -1.23. The molecule has 0 spiro atoms. The lowest BCUT2D eigenvalue weighted by Gasteiger charge is -2.52. The predicted octanol–water partition coefficient (Wildman–Crippen LogP) is 1.96. The SMILES string of the molecule is CCN1CCOC(O)(c2ccccc2)C1(C)C. The first-order valence-electron chi connectivity index (χ1n) is 6.19. The summed E-state index contributed by atoms with van der Waals surface area (Å²) in [5.41, 5.74) is 0.393. The van der Waals surface area contributed by atoms with Gasteiger partial charge in [-0.3, -0.25) is 4.90 Å². The molecule has 0 aromatic heterocycles.